The molecule has 166 valence electrons. The van der Waals surface area contributed by atoms with Crippen LogP contribution in [0.15, 0.2) is 54.9 Å². The van der Waals surface area contributed by atoms with E-state index in [1.165, 1.54) is 11.0 Å². The molecule has 3 heterocycles. The van der Waals surface area contributed by atoms with Crippen LogP contribution < -0.4 is 4.90 Å². The van der Waals surface area contributed by atoms with Crippen LogP contribution in [0.3, 0.4) is 0 Å². The van der Waals surface area contributed by atoms with Crippen LogP contribution in [0.25, 0.3) is 21.9 Å². The highest BCUT2D eigenvalue weighted by Crippen LogP contribution is 2.41. The Morgan fingerprint density at radius 2 is 1.97 bits per heavy atom. The molecule has 2 N–H and O–H groups in total. The average molecular weight is 442 g/mol. The van der Waals surface area contributed by atoms with Crippen molar-refractivity contribution < 1.29 is 19.5 Å². The number of phenols is 1. The van der Waals surface area contributed by atoms with Gasteiger partial charge in [-0.05, 0) is 36.2 Å². The summed E-state index contributed by atoms with van der Waals surface area (Å²) in [6, 6.07) is 12.8. The molecule has 8 heteroatoms. The monoisotopic (exact) mass is 442 g/mol. The smallest absolute Gasteiger partial charge is 0.295 e. The molecule has 1 fully saturated rings. The molecule has 0 radical (unpaired) electrons. The Morgan fingerprint density at radius 1 is 1.15 bits per heavy atom. The van der Waals surface area contributed by atoms with Gasteiger partial charge in [0.15, 0.2) is 0 Å². The molecular formula is C25H22N4O4. The Labute approximate surface area is 189 Å². The van der Waals surface area contributed by atoms with Gasteiger partial charge in [-0.2, -0.15) is 0 Å². The number of ketones is 2. The van der Waals surface area contributed by atoms with E-state index in [0.29, 0.717) is 27.8 Å². The first-order valence-corrected chi connectivity index (χ1v) is 10.8. The Hall–Kier alpha value is -4.07. The Morgan fingerprint density at radius 3 is 2.76 bits per heavy atom. The number of para-hydroxylation sites is 1. The number of nitrogens with one attached hydrogen (secondary N) is 1. The molecule has 0 bridgehead atoms. The first-order valence-electron chi connectivity index (χ1n) is 10.8. The Balaban J connectivity index is 1.69. The summed E-state index contributed by atoms with van der Waals surface area (Å²) in [4.78, 5) is 52.7. The molecule has 1 amide bonds. The van der Waals surface area contributed by atoms with E-state index in [0.717, 1.165) is 5.52 Å². The average Bonchev–Trinajstić information content (AvgIpc) is 3.35. The number of amides is 1. The van der Waals surface area contributed by atoms with Crippen molar-refractivity contribution in [1.29, 1.82) is 0 Å². The van der Waals surface area contributed by atoms with E-state index >= 15 is 0 Å². The van der Waals surface area contributed by atoms with Crippen molar-refractivity contribution in [3.63, 3.8) is 0 Å². The number of hydrogen-bond donors (Lipinski definition) is 2. The van der Waals surface area contributed by atoms with Gasteiger partial charge in [0, 0.05) is 17.5 Å². The Bertz CT molecular complexity index is 1420. The number of rotatable bonds is 5. The number of nitrogens with zero attached hydrogens (tertiary/aromatic N) is 3. The quantitative estimate of drug-likeness (QED) is 0.360. The minimum Gasteiger partial charge on any atom is -0.506 e. The zero-order chi connectivity index (χ0) is 23.3. The molecule has 4 aromatic rings. The van der Waals surface area contributed by atoms with Crippen LogP contribution in [0.5, 0.6) is 5.75 Å². The fourth-order valence-corrected chi connectivity index (χ4v) is 4.49. The van der Waals surface area contributed by atoms with E-state index < -0.39 is 23.7 Å². The summed E-state index contributed by atoms with van der Waals surface area (Å²) in [5.41, 5.74) is 2.60. The van der Waals surface area contributed by atoms with Crippen molar-refractivity contribution in [3.8, 4) is 5.75 Å². The summed E-state index contributed by atoms with van der Waals surface area (Å²) in [6.45, 7) is 3.79. The van der Waals surface area contributed by atoms with Gasteiger partial charge in [-0.15, -0.1) is 0 Å². The molecule has 1 saturated heterocycles. The zero-order valence-corrected chi connectivity index (χ0v) is 18.1. The van der Waals surface area contributed by atoms with E-state index in [4.69, 9.17) is 0 Å². The lowest BCUT2D eigenvalue weighted by Crippen LogP contribution is -2.31. The van der Waals surface area contributed by atoms with Crippen molar-refractivity contribution in [2.45, 2.75) is 26.3 Å². The van der Waals surface area contributed by atoms with Gasteiger partial charge < -0.3 is 10.1 Å². The molecule has 0 saturated carbocycles. The van der Waals surface area contributed by atoms with Crippen molar-refractivity contribution >= 4 is 45.1 Å². The lowest BCUT2D eigenvalue weighted by molar-refractivity contribution is -0.139. The van der Waals surface area contributed by atoms with E-state index in [1.807, 2.05) is 19.9 Å². The maximum atomic E-state index is 13.2. The number of hydrogen-bond acceptors (Lipinski definition) is 6. The normalized spacial score (nSPS) is 18.7. The zero-order valence-electron chi connectivity index (χ0n) is 18.1. The SMILES string of the molecule is CC(C)CC(=O)C1C(=O)C(=O)N(c2ccc3nc[nH]c3c2)C1c1ccc2cccc(O)c2n1. The highest BCUT2D eigenvalue weighted by atomic mass is 16.3. The number of fused-ring (bicyclic) bond motifs is 2. The second kappa shape index (κ2) is 7.81. The van der Waals surface area contributed by atoms with Crippen LogP contribution >= 0.6 is 0 Å². The first-order chi connectivity index (χ1) is 15.8. The molecule has 5 rings (SSSR count). The molecule has 0 aliphatic carbocycles. The molecule has 1 aliphatic rings. The summed E-state index contributed by atoms with van der Waals surface area (Å²) in [7, 11) is 0. The number of H-pyrrole nitrogens is 1. The minimum absolute atomic E-state index is 0.0134. The molecule has 33 heavy (non-hydrogen) atoms. The number of aromatic nitrogens is 3. The molecule has 2 unspecified atom stereocenters. The van der Waals surface area contributed by atoms with Gasteiger partial charge in [-0.1, -0.05) is 32.0 Å². The number of aromatic amines is 1. The lowest BCUT2D eigenvalue weighted by Gasteiger charge is -2.27. The maximum Gasteiger partial charge on any atom is 0.295 e. The van der Waals surface area contributed by atoms with E-state index in [9.17, 15) is 19.5 Å². The van der Waals surface area contributed by atoms with E-state index in [-0.39, 0.29) is 23.9 Å². The van der Waals surface area contributed by atoms with Gasteiger partial charge in [-0.3, -0.25) is 19.3 Å². The molecule has 8 nitrogen and oxygen atoms in total. The van der Waals surface area contributed by atoms with Crippen LogP contribution in [0, 0.1) is 11.8 Å². The number of Topliss-reactive ketones (excluding diaryl/α,β-unsaturated/α-hetero) is 2. The maximum absolute atomic E-state index is 13.2. The van der Waals surface area contributed by atoms with Crippen LogP contribution in [0.2, 0.25) is 0 Å². The van der Waals surface area contributed by atoms with E-state index in [2.05, 4.69) is 15.0 Å². The minimum atomic E-state index is -1.17. The summed E-state index contributed by atoms with van der Waals surface area (Å²) < 4.78 is 0. The van der Waals surface area contributed by atoms with Crippen molar-refractivity contribution in [2.24, 2.45) is 11.8 Å². The predicted molar refractivity (Wildman–Crippen MR) is 123 cm³/mol. The van der Waals surface area contributed by atoms with Crippen LogP contribution in [0.1, 0.15) is 32.0 Å². The van der Waals surface area contributed by atoms with E-state index in [1.54, 1.807) is 42.7 Å². The van der Waals surface area contributed by atoms with Crippen LogP contribution in [0.4, 0.5) is 5.69 Å². The highest BCUT2D eigenvalue weighted by molar-refractivity contribution is 6.48. The lowest BCUT2D eigenvalue weighted by atomic mass is 9.87. The summed E-state index contributed by atoms with van der Waals surface area (Å²) in [5.74, 6) is -2.94. The number of pyridine rings is 1. The van der Waals surface area contributed by atoms with Gasteiger partial charge >= 0.3 is 0 Å². The van der Waals surface area contributed by atoms with Crippen molar-refractivity contribution in [2.75, 3.05) is 4.90 Å². The molecule has 2 atom stereocenters. The number of anilines is 1. The van der Waals surface area contributed by atoms with Gasteiger partial charge in [0.2, 0.25) is 5.78 Å². The number of carbonyl (C=O) groups is 3. The summed E-state index contributed by atoms with van der Waals surface area (Å²) in [5, 5.41) is 11.0. The van der Waals surface area contributed by atoms with Crippen molar-refractivity contribution in [1.82, 2.24) is 15.0 Å². The number of imidazole rings is 1. The predicted octanol–water partition coefficient (Wildman–Crippen LogP) is 3.71. The van der Waals surface area contributed by atoms with Gasteiger partial charge in [-0.25, -0.2) is 9.97 Å². The van der Waals surface area contributed by atoms with Crippen LogP contribution in [-0.2, 0) is 14.4 Å². The second-order valence-electron chi connectivity index (χ2n) is 8.72. The number of carbonyl (C=O) groups excluding carboxylic acids is 3. The molecule has 2 aromatic carbocycles. The highest BCUT2D eigenvalue weighted by Gasteiger charge is 2.52. The molecule has 0 spiro atoms. The number of aromatic hydroxyl groups is 1. The fourth-order valence-electron chi connectivity index (χ4n) is 4.49. The van der Waals surface area contributed by atoms with Crippen molar-refractivity contribution in [3.05, 3.63) is 60.6 Å². The van der Waals surface area contributed by atoms with Crippen LogP contribution in [-0.4, -0.2) is 37.5 Å². The van der Waals surface area contributed by atoms with Gasteiger partial charge in [0.25, 0.3) is 5.91 Å². The topological polar surface area (TPSA) is 116 Å². The number of benzene rings is 2. The largest absolute Gasteiger partial charge is 0.506 e. The molecule has 1 aliphatic heterocycles. The third-order valence-electron chi connectivity index (χ3n) is 5.97. The third kappa shape index (κ3) is 3.44. The summed E-state index contributed by atoms with van der Waals surface area (Å²) >= 11 is 0. The summed E-state index contributed by atoms with van der Waals surface area (Å²) in [6.07, 6.45) is 1.72. The number of phenolic OH excluding ortho intramolecular Hbond substituents is 1. The Kier molecular flexibility index (Phi) is 4.92. The standard InChI is InChI=1S/C25H22N4O4/c1-13(2)10-20(31)21-23(17-8-6-14-4-3-5-19(30)22(14)28-17)29(25(33)24(21)32)15-7-9-16-18(11-15)27-12-26-16/h3-9,11-13,21,23,30H,10H2,1-2H3,(H,26,27). The second-order valence-corrected chi connectivity index (χ2v) is 8.72. The molecular weight excluding hydrogens is 420 g/mol. The van der Waals surface area contributed by atoms with Gasteiger partial charge in [0.1, 0.15) is 23.0 Å². The molecule has 2 aromatic heterocycles. The van der Waals surface area contributed by atoms with Gasteiger partial charge in [0.05, 0.1) is 29.1 Å². The fraction of sp³-hybridized carbons (Fsp3) is 0.240. The third-order valence-corrected chi connectivity index (χ3v) is 5.97. The first kappa shape index (κ1) is 20.8.